The van der Waals surface area contributed by atoms with Crippen LogP contribution >= 0.6 is 0 Å². The summed E-state index contributed by atoms with van der Waals surface area (Å²) in [6.45, 7) is 12.9. The lowest BCUT2D eigenvalue weighted by Gasteiger charge is -2.31. The maximum atomic E-state index is 12.0. The van der Waals surface area contributed by atoms with E-state index in [0.717, 1.165) is 13.0 Å². The van der Waals surface area contributed by atoms with Crippen LogP contribution in [0.15, 0.2) is 0 Å². The Balaban J connectivity index is 4.15. The zero-order valence-electron chi connectivity index (χ0n) is 11.7. The van der Waals surface area contributed by atoms with Crippen molar-refractivity contribution in [1.29, 1.82) is 0 Å². The summed E-state index contributed by atoms with van der Waals surface area (Å²) in [7, 11) is 5.96. The number of amides is 1. The Morgan fingerprint density at radius 2 is 1.75 bits per heavy atom. The summed E-state index contributed by atoms with van der Waals surface area (Å²) >= 11 is 0. The summed E-state index contributed by atoms with van der Waals surface area (Å²) in [5.41, 5.74) is -0.394. The Hall–Kier alpha value is -0.465. The van der Waals surface area contributed by atoms with Gasteiger partial charge in [0.15, 0.2) is 0 Å². The number of rotatable bonds is 6. The van der Waals surface area contributed by atoms with Crippen molar-refractivity contribution in [2.45, 2.75) is 59.7 Å². The molecule has 0 aromatic carbocycles. The van der Waals surface area contributed by atoms with E-state index in [-0.39, 0.29) is 11.2 Å². The zero-order valence-corrected chi connectivity index (χ0v) is 11.7. The van der Waals surface area contributed by atoms with E-state index in [4.69, 9.17) is 7.85 Å². The maximum absolute atomic E-state index is 12.0. The molecule has 0 bridgehead atoms. The second-order valence-electron chi connectivity index (χ2n) is 6.49. The third-order valence-electron chi connectivity index (χ3n) is 2.52. The number of carbonyl (C=O) groups excluding carboxylic acids is 1. The minimum absolute atomic E-state index is 0.103. The average Bonchev–Trinajstić information content (AvgIpc) is 1.98. The smallest absolute Gasteiger partial charge is 0.225 e. The first-order chi connectivity index (χ1) is 7.04. The number of nitrogens with one attached hydrogen (secondary N) is 1. The molecule has 16 heavy (non-hydrogen) atoms. The van der Waals surface area contributed by atoms with Crippen LogP contribution in [0.2, 0.25) is 5.31 Å². The Morgan fingerprint density at radius 1 is 1.25 bits per heavy atom. The van der Waals surface area contributed by atoms with Gasteiger partial charge in [-0.1, -0.05) is 46.9 Å². The van der Waals surface area contributed by atoms with Gasteiger partial charge in [-0.3, -0.25) is 4.79 Å². The SMILES string of the molecule is [B]C(C)(C)CC(C)(C)C(=O)NCCC(C)C. The summed E-state index contributed by atoms with van der Waals surface area (Å²) in [4.78, 5) is 12.0. The van der Waals surface area contributed by atoms with Crippen LogP contribution in [0.3, 0.4) is 0 Å². The fourth-order valence-electron chi connectivity index (χ4n) is 1.93. The van der Waals surface area contributed by atoms with Gasteiger partial charge in [-0.15, -0.1) is 0 Å². The van der Waals surface area contributed by atoms with Crippen molar-refractivity contribution in [3.63, 3.8) is 0 Å². The predicted octanol–water partition coefficient (Wildman–Crippen LogP) is 2.93. The molecule has 3 heteroatoms. The van der Waals surface area contributed by atoms with Gasteiger partial charge >= 0.3 is 0 Å². The van der Waals surface area contributed by atoms with Gasteiger partial charge in [0.25, 0.3) is 0 Å². The first-order valence-corrected chi connectivity index (χ1v) is 6.12. The quantitative estimate of drug-likeness (QED) is 0.689. The van der Waals surface area contributed by atoms with Crippen molar-refractivity contribution in [2.24, 2.45) is 11.3 Å². The maximum Gasteiger partial charge on any atom is 0.225 e. The third-order valence-corrected chi connectivity index (χ3v) is 2.52. The molecule has 0 heterocycles. The van der Waals surface area contributed by atoms with Crippen LogP contribution in [0.5, 0.6) is 0 Å². The second-order valence-corrected chi connectivity index (χ2v) is 6.49. The van der Waals surface area contributed by atoms with Crippen LogP contribution in [-0.2, 0) is 4.79 Å². The molecule has 92 valence electrons. The lowest BCUT2D eigenvalue weighted by molar-refractivity contribution is -0.130. The zero-order chi connectivity index (χ0) is 13.0. The third kappa shape index (κ3) is 6.92. The molecule has 0 aromatic heterocycles. The normalized spacial score (nSPS) is 12.9. The van der Waals surface area contributed by atoms with E-state index in [2.05, 4.69) is 19.2 Å². The van der Waals surface area contributed by atoms with E-state index >= 15 is 0 Å². The Kier molecular flexibility index (Phi) is 5.57. The van der Waals surface area contributed by atoms with Gasteiger partial charge in [-0.25, -0.2) is 0 Å². The summed E-state index contributed by atoms with van der Waals surface area (Å²) in [5, 5.41) is 2.68. The van der Waals surface area contributed by atoms with Crippen LogP contribution in [-0.4, -0.2) is 20.3 Å². The van der Waals surface area contributed by atoms with Crippen LogP contribution in [0.4, 0.5) is 0 Å². The Bertz CT molecular complexity index is 229. The fourth-order valence-corrected chi connectivity index (χ4v) is 1.93. The van der Waals surface area contributed by atoms with E-state index in [0.29, 0.717) is 12.3 Å². The van der Waals surface area contributed by atoms with Crippen molar-refractivity contribution >= 4 is 13.8 Å². The van der Waals surface area contributed by atoms with E-state index < -0.39 is 5.41 Å². The topological polar surface area (TPSA) is 29.1 Å². The van der Waals surface area contributed by atoms with Crippen LogP contribution < -0.4 is 5.32 Å². The molecule has 1 N–H and O–H groups in total. The highest BCUT2D eigenvalue weighted by Gasteiger charge is 2.31. The molecule has 0 spiro atoms. The molecule has 0 aliphatic rings. The number of hydrogen-bond donors (Lipinski definition) is 1. The molecule has 0 saturated heterocycles. The largest absolute Gasteiger partial charge is 0.356 e. The standard InChI is InChI=1S/C13H26BNO/c1-10(2)7-8-15-11(16)12(3,4)9-13(5,6)14/h10H,7-9H2,1-6H3,(H,15,16). The second kappa shape index (κ2) is 5.74. The van der Waals surface area contributed by atoms with Gasteiger partial charge in [0, 0.05) is 12.0 Å². The van der Waals surface area contributed by atoms with Crippen molar-refractivity contribution in [2.75, 3.05) is 6.54 Å². The summed E-state index contributed by atoms with van der Waals surface area (Å²) in [5.74, 6) is 0.723. The molecular weight excluding hydrogens is 197 g/mol. The van der Waals surface area contributed by atoms with Gasteiger partial charge in [-0.05, 0) is 18.8 Å². The molecule has 2 nitrogen and oxygen atoms in total. The first kappa shape index (κ1) is 15.5. The Morgan fingerprint density at radius 3 is 2.12 bits per heavy atom. The molecule has 0 fully saturated rings. The lowest BCUT2D eigenvalue weighted by atomic mass is 9.63. The van der Waals surface area contributed by atoms with Gasteiger partial charge in [0.2, 0.25) is 5.91 Å². The predicted molar refractivity (Wildman–Crippen MR) is 70.7 cm³/mol. The highest BCUT2D eigenvalue weighted by Crippen LogP contribution is 2.36. The highest BCUT2D eigenvalue weighted by atomic mass is 16.2. The van der Waals surface area contributed by atoms with Gasteiger partial charge in [0.1, 0.15) is 0 Å². The molecule has 0 aliphatic carbocycles. The van der Waals surface area contributed by atoms with E-state index in [1.807, 2.05) is 27.7 Å². The molecule has 1 amide bonds. The fraction of sp³-hybridized carbons (Fsp3) is 0.923. The highest BCUT2D eigenvalue weighted by molar-refractivity contribution is 6.14. The Labute approximate surface area is 102 Å². The molecule has 0 aliphatic heterocycles. The van der Waals surface area contributed by atoms with Crippen molar-refractivity contribution < 1.29 is 4.79 Å². The van der Waals surface area contributed by atoms with Crippen molar-refractivity contribution in [1.82, 2.24) is 5.32 Å². The van der Waals surface area contributed by atoms with Crippen LogP contribution in [0.1, 0.15) is 54.4 Å². The first-order valence-electron chi connectivity index (χ1n) is 6.12. The minimum atomic E-state index is -0.394. The molecular formula is C13H26BNO. The summed E-state index contributed by atoms with van der Waals surface area (Å²) < 4.78 is 0. The molecule has 0 rings (SSSR count). The molecule has 0 saturated carbocycles. The van der Waals surface area contributed by atoms with E-state index in [1.165, 1.54) is 0 Å². The van der Waals surface area contributed by atoms with Gasteiger partial charge in [0.05, 0.1) is 7.85 Å². The lowest BCUT2D eigenvalue weighted by Crippen LogP contribution is -2.39. The van der Waals surface area contributed by atoms with Gasteiger partial charge in [-0.2, -0.15) is 0 Å². The van der Waals surface area contributed by atoms with Crippen molar-refractivity contribution in [3.8, 4) is 0 Å². The van der Waals surface area contributed by atoms with Crippen molar-refractivity contribution in [3.05, 3.63) is 0 Å². The summed E-state index contributed by atoms with van der Waals surface area (Å²) in [6, 6.07) is 0. The molecule has 2 radical (unpaired) electrons. The van der Waals surface area contributed by atoms with E-state index in [9.17, 15) is 4.79 Å². The molecule has 0 aromatic rings. The number of hydrogen-bond acceptors (Lipinski definition) is 1. The van der Waals surface area contributed by atoms with Gasteiger partial charge < -0.3 is 5.32 Å². The number of carbonyl (C=O) groups is 1. The molecule has 0 unspecified atom stereocenters. The minimum Gasteiger partial charge on any atom is -0.356 e. The average molecular weight is 223 g/mol. The van der Waals surface area contributed by atoms with Crippen LogP contribution in [0.25, 0.3) is 0 Å². The van der Waals surface area contributed by atoms with Crippen LogP contribution in [0, 0.1) is 11.3 Å². The summed E-state index contributed by atoms with van der Waals surface area (Å²) in [6.07, 6.45) is 1.71. The monoisotopic (exact) mass is 223 g/mol. The molecule has 0 atom stereocenters. The van der Waals surface area contributed by atoms with E-state index in [1.54, 1.807) is 0 Å².